The van der Waals surface area contributed by atoms with E-state index >= 15 is 0 Å². The number of cyclic esters (lactones) is 1. The maximum atomic E-state index is 11.7. The molecule has 4 saturated carbocycles. The smallest absolute Gasteiger partial charge is 0.333 e. The van der Waals surface area contributed by atoms with Gasteiger partial charge < -0.3 is 20.1 Å². The van der Waals surface area contributed by atoms with Crippen LogP contribution in [0.2, 0.25) is 0 Å². The van der Waals surface area contributed by atoms with Crippen molar-refractivity contribution in [2.45, 2.75) is 89.8 Å². The number of rotatable bonds is 6. The van der Waals surface area contributed by atoms with Gasteiger partial charge in [-0.2, -0.15) is 0 Å². The normalized spacial score (nSPS) is 31.0. The summed E-state index contributed by atoms with van der Waals surface area (Å²) >= 11 is 1.28. The van der Waals surface area contributed by atoms with Crippen LogP contribution in [0.5, 0.6) is 0 Å². The lowest BCUT2D eigenvalue weighted by molar-refractivity contribution is -0.182. The van der Waals surface area contributed by atoms with Crippen LogP contribution < -0.4 is 10.6 Å². The van der Waals surface area contributed by atoms with Gasteiger partial charge in [-0.3, -0.25) is 14.4 Å². The summed E-state index contributed by atoms with van der Waals surface area (Å²) in [7, 11) is 0. The first-order valence-corrected chi connectivity index (χ1v) is 14.9. The Bertz CT molecular complexity index is 997. The van der Waals surface area contributed by atoms with Gasteiger partial charge in [0.15, 0.2) is 0 Å². The summed E-state index contributed by atoms with van der Waals surface area (Å²) in [5, 5.41) is 5.19. The van der Waals surface area contributed by atoms with Crippen molar-refractivity contribution in [3.8, 4) is 0 Å². The molecule has 6 rings (SSSR count). The molecule has 0 radical (unpaired) electrons. The molecule has 0 aromatic carbocycles. The molecular formula is C30H42N2O7S. The number of ether oxygens (including phenoxy) is 2. The summed E-state index contributed by atoms with van der Waals surface area (Å²) in [6, 6.07) is -0.770. The third kappa shape index (κ3) is 8.56. The van der Waals surface area contributed by atoms with E-state index < -0.39 is 6.04 Å². The topological polar surface area (TPSA) is 128 Å². The fourth-order valence-corrected chi connectivity index (χ4v) is 7.19. The standard InChI is InChI=1S/C14H20O2.C8H11NO3.C8H11NO2S/c1-9(2)13(15)16-14-6-10-3-11(7-14)5-12(4-10)8-14;2*1-5(2)7(10)9-6-3-4-12-8(6)11/h10-12H,1,3-8H2,2H3;2*6H,1,3-4H2,2H3,(H,9,10). The van der Waals surface area contributed by atoms with Crippen LogP contribution in [0.15, 0.2) is 36.5 Å². The first kappa shape index (κ1) is 31.6. The van der Waals surface area contributed by atoms with Gasteiger partial charge in [0.2, 0.25) is 16.9 Å². The molecule has 4 aliphatic carbocycles. The lowest BCUT2D eigenvalue weighted by atomic mass is 9.54. The lowest BCUT2D eigenvalue weighted by Crippen LogP contribution is -2.52. The second-order valence-corrected chi connectivity index (χ2v) is 12.9. The van der Waals surface area contributed by atoms with Crippen molar-refractivity contribution in [3.63, 3.8) is 0 Å². The number of carbonyl (C=O) groups excluding carboxylic acids is 5. The van der Waals surface area contributed by atoms with Crippen LogP contribution in [-0.4, -0.2) is 58.9 Å². The number of thioether (sulfide) groups is 1. The fourth-order valence-electron chi connectivity index (χ4n) is 6.26. The molecule has 0 aromatic rings. The molecule has 2 saturated heterocycles. The van der Waals surface area contributed by atoms with Gasteiger partial charge in [-0.15, -0.1) is 0 Å². The number of hydrogen-bond acceptors (Lipinski definition) is 8. The second kappa shape index (κ2) is 13.7. The molecule has 2 heterocycles. The quantitative estimate of drug-likeness (QED) is 0.362. The Morgan fingerprint density at radius 2 is 1.32 bits per heavy atom. The monoisotopic (exact) mass is 574 g/mol. The zero-order valence-corrected chi connectivity index (χ0v) is 24.7. The van der Waals surface area contributed by atoms with Crippen molar-refractivity contribution >= 4 is 40.6 Å². The second-order valence-electron chi connectivity index (χ2n) is 11.8. The van der Waals surface area contributed by atoms with E-state index in [1.807, 2.05) is 0 Å². The summed E-state index contributed by atoms with van der Waals surface area (Å²) in [5.74, 6) is 2.22. The van der Waals surface area contributed by atoms with Gasteiger partial charge in [-0.25, -0.2) is 9.59 Å². The zero-order chi connectivity index (χ0) is 29.6. The first-order valence-electron chi connectivity index (χ1n) is 13.9. The summed E-state index contributed by atoms with van der Waals surface area (Å²) in [4.78, 5) is 55.7. The SMILES string of the molecule is C=C(C)C(=O)NC1CCOC1=O.C=C(C)C(=O)NC1CCSC1=O.C=C(C)C(=O)OC12CC3CC(CC(C3)C1)C2. The van der Waals surface area contributed by atoms with E-state index in [2.05, 4.69) is 35.1 Å². The Balaban J connectivity index is 0.000000169. The average molecular weight is 575 g/mol. The van der Waals surface area contributed by atoms with Crippen molar-refractivity contribution in [1.82, 2.24) is 10.6 Å². The third-order valence-corrected chi connectivity index (χ3v) is 8.91. The molecule has 40 heavy (non-hydrogen) atoms. The largest absolute Gasteiger partial charge is 0.464 e. The highest BCUT2D eigenvalue weighted by Gasteiger charge is 2.53. The van der Waals surface area contributed by atoms with E-state index in [1.54, 1.807) is 20.8 Å². The highest BCUT2D eigenvalue weighted by Crippen LogP contribution is 2.57. The zero-order valence-electron chi connectivity index (χ0n) is 23.8. The molecule has 2 N–H and O–H groups in total. The molecule has 6 fully saturated rings. The van der Waals surface area contributed by atoms with Crippen molar-refractivity contribution < 1.29 is 33.4 Å². The summed E-state index contributed by atoms with van der Waals surface area (Å²) in [6.07, 6.45) is 8.76. The van der Waals surface area contributed by atoms with Crippen LogP contribution in [0.1, 0.15) is 72.1 Å². The van der Waals surface area contributed by atoms with Crippen LogP contribution in [0, 0.1) is 17.8 Å². The summed E-state index contributed by atoms with van der Waals surface area (Å²) < 4.78 is 10.4. The molecule has 0 aromatic heterocycles. The number of amides is 2. The van der Waals surface area contributed by atoms with E-state index in [0.29, 0.717) is 29.7 Å². The van der Waals surface area contributed by atoms with Crippen molar-refractivity contribution in [2.24, 2.45) is 17.8 Å². The van der Waals surface area contributed by atoms with Crippen LogP contribution in [-0.2, 0) is 33.4 Å². The minimum Gasteiger partial charge on any atom is -0.464 e. The van der Waals surface area contributed by atoms with Crippen LogP contribution in [0.25, 0.3) is 0 Å². The number of hydrogen-bond donors (Lipinski definition) is 2. The van der Waals surface area contributed by atoms with Gasteiger partial charge in [0.25, 0.3) is 0 Å². The van der Waals surface area contributed by atoms with Crippen molar-refractivity contribution in [2.75, 3.05) is 12.4 Å². The molecule has 2 unspecified atom stereocenters. The molecule has 2 atom stereocenters. The maximum Gasteiger partial charge on any atom is 0.333 e. The average Bonchev–Trinajstić information content (AvgIpc) is 3.45. The highest BCUT2D eigenvalue weighted by molar-refractivity contribution is 8.14. The van der Waals surface area contributed by atoms with E-state index in [0.717, 1.165) is 49.2 Å². The van der Waals surface area contributed by atoms with Gasteiger partial charge in [0.05, 0.1) is 12.6 Å². The molecular weight excluding hydrogens is 532 g/mol. The van der Waals surface area contributed by atoms with Gasteiger partial charge >= 0.3 is 11.9 Å². The minimum absolute atomic E-state index is 0.0598. The molecule has 220 valence electrons. The first-order chi connectivity index (χ1) is 18.8. The highest BCUT2D eigenvalue weighted by atomic mass is 32.2. The van der Waals surface area contributed by atoms with Gasteiger partial charge in [-0.1, -0.05) is 31.5 Å². The van der Waals surface area contributed by atoms with E-state index in [4.69, 9.17) is 4.74 Å². The summed E-state index contributed by atoms with van der Waals surface area (Å²) in [5.41, 5.74) is 1.27. The predicted molar refractivity (Wildman–Crippen MR) is 153 cm³/mol. The van der Waals surface area contributed by atoms with Crippen LogP contribution in [0.3, 0.4) is 0 Å². The van der Waals surface area contributed by atoms with Crippen LogP contribution >= 0.6 is 11.8 Å². The molecule has 4 bridgehead atoms. The lowest BCUT2D eigenvalue weighted by Gasteiger charge is -2.55. The summed E-state index contributed by atoms with van der Waals surface area (Å²) in [6.45, 7) is 16.0. The minimum atomic E-state index is -0.478. The molecule has 0 spiro atoms. The Hall–Kier alpha value is -2.88. The number of nitrogens with one attached hydrogen (secondary N) is 2. The number of carbonyl (C=O) groups is 5. The molecule has 9 nitrogen and oxygen atoms in total. The van der Waals surface area contributed by atoms with Gasteiger partial charge in [0, 0.05) is 28.9 Å². The fraction of sp³-hybridized carbons (Fsp3) is 0.633. The van der Waals surface area contributed by atoms with Gasteiger partial charge in [0.1, 0.15) is 11.6 Å². The van der Waals surface area contributed by atoms with E-state index in [9.17, 15) is 24.0 Å². The molecule has 10 heteroatoms. The van der Waals surface area contributed by atoms with E-state index in [1.165, 1.54) is 31.0 Å². The third-order valence-electron chi connectivity index (χ3n) is 7.90. The van der Waals surface area contributed by atoms with E-state index in [-0.39, 0.29) is 40.5 Å². The Morgan fingerprint density at radius 1 is 0.825 bits per heavy atom. The number of esters is 2. The molecule has 6 aliphatic rings. The Labute approximate surface area is 240 Å². The Kier molecular flexibility index (Phi) is 10.8. The predicted octanol–water partition coefficient (Wildman–Crippen LogP) is 3.78. The van der Waals surface area contributed by atoms with Gasteiger partial charge in [-0.05, 0) is 83.5 Å². The van der Waals surface area contributed by atoms with Crippen LogP contribution in [0.4, 0.5) is 0 Å². The van der Waals surface area contributed by atoms with Crippen molar-refractivity contribution in [1.29, 1.82) is 0 Å². The Morgan fingerprint density at radius 3 is 1.70 bits per heavy atom. The van der Waals surface area contributed by atoms with Crippen molar-refractivity contribution in [3.05, 3.63) is 36.5 Å². The molecule has 2 aliphatic heterocycles. The molecule has 2 amide bonds. The maximum absolute atomic E-state index is 11.7.